The summed E-state index contributed by atoms with van der Waals surface area (Å²) < 4.78 is 0. The third-order valence-electron chi connectivity index (χ3n) is 3.64. The van der Waals surface area contributed by atoms with Gasteiger partial charge < -0.3 is 0 Å². The number of aromatic nitrogens is 1. The number of hydrogen-bond donors (Lipinski definition) is 0. The molecule has 0 spiro atoms. The lowest BCUT2D eigenvalue weighted by Crippen LogP contribution is -2.14. The average molecular weight is 217 g/mol. The Labute approximate surface area is 99.3 Å². The predicted octanol–water partition coefficient (Wildman–Crippen LogP) is 4.35. The van der Waals surface area contributed by atoms with E-state index in [0.29, 0.717) is 17.8 Å². The van der Waals surface area contributed by atoms with Crippen LogP contribution in [0.4, 0.5) is 0 Å². The molecule has 0 amide bonds. The third kappa shape index (κ3) is 2.45. The van der Waals surface area contributed by atoms with Crippen LogP contribution >= 0.6 is 0 Å². The van der Waals surface area contributed by atoms with Crippen molar-refractivity contribution in [1.29, 1.82) is 0 Å². The zero-order chi connectivity index (χ0) is 11.7. The molecule has 0 aromatic carbocycles. The molecule has 16 heavy (non-hydrogen) atoms. The van der Waals surface area contributed by atoms with Gasteiger partial charge in [0.15, 0.2) is 0 Å². The minimum Gasteiger partial charge on any atom is -0.261 e. The standard InChI is InChI=1S/C15H23N/c1-10(2)15(11(3)4)14-8-7-13(9-16-14)12-5-6-12/h7-12,15H,5-6H2,1-4H3. The molecule has 0 radical (unpaired) electrons. The van der Waals surface area contributed by atoms with Crippen molar-refractivity contribution in [2.24, 2.45) is 11.8 Å². The molecule has 0 unspecified atom stereocenters. The lowest BCUT2D eigenvalue weighted by Gasteiger charge is -2.24. The molecular formula is C15H23N. The smallest absolute Gasteiger partial charge is 0.0439 e. The van der Waals surface area contributed by atoms with E-state index in [1.807, 2.05) is 0 Å². The fraction of sp³-hybridized carbons (Fsp3) is 0.667. The maximum Gasteiger partial charge on any atom is 0.0439 e. The molecule has 1 aromatic rings. The van der Waals surface area contributed by atoms with Crippen LogP contribution in [0, 0.1) is 11.8 Å². The topological polar surface area (TPSA) is 12.9 Å². The van der Waals surface area contributed by atoms with Crippen molar-refractivity contribution in [2.45, 2.75) is 52.4 Å². The summed E-state index contributed by atoms with van der Waals surface area (Å²) in [4.78, 5) is 4.68. The van der Waals surface area contributed by atoms with E-state index in [1.165, 1.54) is 24.1 Å². The molecule has 1 aromatic heterocycles. The highest BCUT2D eigenvalue weighted by Gasteiger charge is 2.25. The van der Waals surface area contributed by atoms with Gasteiger partial charge in [0.2, 0.25) is 0 Å². The second kappa shape index (κ2) is 4.57. The highest BCUT2D eigenvalue weighted by Crippen LogP contribution is 2.40. The molecule has 88 valence electrons. The lowest BCUT2D eigenvalue weighted by molar-refractivity contribution is 0.380. The minimum absolute atomic E-state index is 0.591. The molecule has 1 fully saturated rings. The zero-order valence-electron chi connectivity index (χ0n) is 10.9. The SMILES string of the molecule is CC(C)C(c1ccc(C2CC2)cn1)C(C)C. The molecule has 1 saturated carbocycles. The Morgan fingerprint density at radius 1 is 1.06 bits per heavy atom. The minimum atomic E-state index is 0.591. The van der Waals surface area contributed by atoms with Gasteiger partial charge in [-0.1, -0.05) is 33.8 Å². The molecule has 1 nitrogen and oxygen atoms in total. The average Bonchev–Trinajstić information content (AvgIpc) is 3.01. The zero-order valence-corrected chi connectivity index (χ0v) is 10.9. The number of pyridine rings is 1. The summed E-state index contributed by atoms with van der Waals surface area (Å²) in [6, 6.07) is 4.54. The Balaban J connectivity index is 2.17. The van der Waals surface area contributed by atoms with E-state index >= 15 is 0 Å². The van der Waals surface area contributed by atoms with Crippen molar-refractivity contribution in [1.82, 2.24) is 4.98 Å². The van der Waals surface area contributed by atoms with E-state index in [-0.39, 0.29) is 0 Å². The third-order valence-corrected chi connectivity index (χ3v) is 3.64. The largest absolute Gasteiger partial charge is 0.261 e. The van der Waals surface area contributed by atoms with Crippen LogP contribution in [-0.4, -0.2) is 4.98 Å². The summed E-state index contributed by atoms with van der Waals surface area (Å²) in [7, 11) is 0. The molecule has 1 aliphatic rings. The van der Waals surface area contributed by atoms with Gasteiger partial charge in [-0.2, -0.15) is 0 Å². The fourth-order valence-corrected chi connectivity index (χ4v) is 2.72. The quantitative estimate of drug-likeness (QED) is 0.730. The Morgan fingerprint density at radius 2 is 1.69 bits per heavy atom. The van der Waals surface area contributed by atoms with E-state index in [2.05, 4.69) is 51.0 Å². The number of nitrogens with zero attached hydrogens (tertiary/aromatic N) is 1. The molecular weight excluding hydrogens is 194 g/mol. The van der Waals surface area contributed by atoms with Gasteiger partial charge in [0.25, 0.3) is 0 Å². The molecule has 0 bridgehead atoms. The monoisotopic (exact) mass is 217 g/mol. The maximum absolute atomic E-state index is 4.68. The van der Waals surface area contributed by atoms with Crippen LogP contribution in [0.1, 0.15) is 63.6 Å². The van der Waals surface area contributed by atoms with Crippen LogP contribution in [0.5, 0.6) is 0 Å². The second-order valence-electron chi connectivity index (χ2n) is 5.80. The summed E-state index contributed by atoms with van der Waals surface area (Å²) in [6.07, 6.45) is 4.82. The van der Waals surface area contributed by atoms with E-state index in [4.69, 9.17) is 0 Å². The first-order valence-corrected chi connectivity index (χ1v) is 6.55. The molecule has 0 atom stereocenters. The van der Waals surface area contributed by atoms with Crippen molar-refractivity contribution in [3.63, 3.8) is 0 Å². The van der Waals surface area contributed by atoms with Gasteiger partial charge in [0, 0.05) is 17.8 Å². The van der Waals surface area contributed by atoms with Gasteiger partial charge in [-0.3, -0.25) is 4.98 Å². The Kier molecular flexibility index (Phi) is 3.32. The first-order valence-electron chi connectivity index (χ1n) is 6.55. The van der Waals surface area contributed by atoms with Crippen molar-refractivity contribution in [3.8, 4) is 0 Å². The summed E-state index contributed by atoms with van der Waals surface area (Å²) in [5.74, 6) is 2.74. The molecule has 1 heteroatoms. The van der Waals surface area contributed by atoms with Crippen LogP contribution in [0.2, 0.25) is 0 Å². The van der Waals surface area contributed by atoms with E-state index in [1.54, 1.807) is 0 Å². The first kappa shape index (κ1) is 11.6. The van der Waals surface area contributed by atoms with Crippen LogP contribution in [-0.2, 0) is 0 Å². The number of hydrogen-bond acceptors (Lipinski definition) is 1. The lowest BCUT2D eigenvalue weighted by atomic mass is 9.82. The van der Waals surface area contributed by atoms with Crippen molar-refractivity contribution in [3.05, 3.63) is 29.6 Å². The summed E-state index contributed by atoms with van der Waals surface area (Å²) in [5.41, 5.74) is 2.71. The van der Waals surface area contributed by atoms with Crippen molar-refractivity contribution < 1.29 is 0 Å². The van der Waals surface area contributed by atoms with Crippen LogP contribution in [0.15, 0.2) is 18.3 Å². The van der Waals surface area contributed by atoms with Crippen molar-refractivity contribution in [2.75, 3.05) is 0 Å². The first-order chi connectivity index (χ1) is 7.59. The Morgan fingerprint density at radius 3 is 2.06 bits per heavy atom. The fourth-order valence-electron chi connectivity index (χ4n) is 2.72. The predicted molar refractivity (Wildman–Crippen MR) is 68.6 cm³/mol. The molecule has 1 heterocycles. The number of rotatable bonds is 4. The van der Waals surface area contributed by atoms with Gasteiger partial charge in [0.05, 0.1) is 0 Å². The normalized spacial score (nSPS) is 16.4. The van der Waals surface area contributed by atoms with Crippen LogP contribution in [0.3, 0.4) is 0 Å². The summed E-state index contributed by atoms with van der Waals surface area (Å²) in [5, 5.41) is 0. The molecule has 2 rings (SSSR count). The van der Waals surface area contributed by atoms with Gasteiger partial charge in [-0.05, 0) is 42.2 Å². The van der Waals surface area contributed by atoms with Gasteiger partial charge in [0.1, 0.15) is 0 Å². The van der Waals surface area contributed by atoms with Crippen LogP contribution in [0.25, 0.3) is 0 Å². The van der Waals surface area contributed by atoms with Gasteiger partial charge in [-0.15, -0.1) is 0 Å². The Bertz CT molecular complexity index is 325. The molecule has 0 N–H and O–H groups in total. The van der Waals surface area contributed by atoms with E-state index in [0.717, 1.165) is 5.92 Å². The van der Waals surface area contributed by atoms with Crippen molar-refractivity contribution >= 4 is 0 Å². The van der Waals surface area contributed by atoms with Crippen LogP contribution < -0.4 is 0 Å². The van der Waals surface area contributed by atoms with E-state index in [9.17, 15) is 0 Å². The highest BCUT2D eigenvalue weighted by atomic mass is 14.7. The Hall–Kier alpha value is -0.850. The molecule has 1 aliphatic carbocycles. The molecule has 0 saturated heterocycles. The van der Waals surface area contributed by atoms with E-state index < -0.39 is 0 Å². The van der Waals surface area contributed by atoms with Gasteiger partial charge in [-0.25, -0.2) is 0 Å². The highest BCUT2D eigenvalue weighted by molar-refractivity contribution is 5.24. The molecule has 0 aliphatic heterocycles. The van der Waals surface area contributed by atoms with Gasteiger partial charge >= 0.3 is 0 Å². The summed E-state index contributed by atoms with van der Waals surface area (Å²) in [6.45, 7) is 9.17. The summed E-state index contributed by atoms with van der Waals surface area (Å²) >= 11 is 0. The second-order valence-corrected chi connectivity index (χ2v) is 5.80. The maximum atomic E-state index is 4.68.